The van der Waals surface area contributed by atoms with Crippen LogP contribution in [0, 0.1) is 5.82 Å². The first-order chi connectivity index (χ1) is 9.15. The second-order valence-corrected chi connectivity index (χ2v) is 4.90. The molecule has 0 atom stereocenters. The molecule has 3 N–H and O–H groups in total. The predicted molar refractivity (Wildman–Crippen MR) is 73.0 cm³/mol. The number of rotatable bonds is 6. The maximum atomic E-state index is 12.8. The van der Waals surface area contributed by atoms with E-state index in [0.717, 1.165) is 16.3 Å². The van der Waals surface area contributed by atoms with Crippen LogP contribution in [0.5, 0.6) is 0 Å². The Labute approximate surface area is 114 Å². The van der Waals surface area contributed by atoms with Gasteiger partial charge in [0.25, 0.3) is 0 Å². The maximum Gasteiger partial charge on any atom is 0.218 e. The van der Waals surface area contributed by atoms with Gasteiger partial charge in [0.2, 0.25) is 5.91 Å². The number of carbonyl (C=O) groups is 1. The first kappa shape index (κ1) is 13.6. The number of primary amides is 1. The molecular weight excluding hydrogens is 265 g/mol. The van der Waals surface area contributed by atoms with Crippen LogP contribution in [0.4, 0.5) is 4.39 Å². The van der Waals surface area contributed by atoms with E-state index in [4.69, 9.17) is 5.73 Å². The monoisotopic (exact) mass is 279 g/mol. The Hall–Kier alpha value is -1.79. The lowest BCUT2D eigenvalue weighted by Gasteiger charge is -1.99. The lowest BCUT2D eigenvalue weighted by molar-refractivity contribution is -0.117. The number of nitrogens with one attached hydrogen (secondary N) is 1. The first-order valence-corrected chi connectivity index (χ1v) is 6.72. The summed E-state index contributed by atoms with van der Waals surface area (Å²) in [6, 6.07) is 6.25. The Kier molecular flexibility index (Phi) is 4.59. The number of nitrogens with zero attached hydrogens (tertiary/aromatic N) is 1. The maximum absolute atomic E-state index is 12.8. The molecule has 0 unspecified atom stereocenters. The van der Waals surface area contributed by atoms with Gasteiger partial charge in [-0.1, -0.05) is 0 Å². The van der Waals surface area contributed by atoms with E-state index < -0.39 is 0 Å². The molecule has 0 aliphatic rings. The average molecular weight is 279 g/mol. The summed E-state index contributed by atoms with van der Waals surface area (Å²) >= 11 is 1.51. The number of amides is 1. The molecule has 0 radical (unpaired) electrons. The number of hydrogen-bond acceptors (Lipinski definition) is 4. The van der Waals surface area contributed by atoms with Crippen LogP contribution in [0.1, 0.15) is 12.1 Å². The summed E-state index contributed by atoms with van der Waals surface area (Å²) in [5.74, 6) is -0.577. The molecule has 0 fully saturated rings. The highest BCUT2D eigenvalue weighted by Gasteiger charge is 2.05. The molecule has 0 saturated carbocycles. The SMILES string of the molecule is NC(=O)CCNCc1csc(-c2ccc(F)cc2)n1. The van der Waals surface area contributed by atoms with E-state index in [-0.39, 0.29) is 11.7 Å². The Morgan fingerprint density at radius 2 is 2.11 bits per heavy atom. The molecule has 19 heavy (non-hydrogen) atoms. The van der Waals surface area contributed by atoms with Crippen LogP contribution in [0.3, 0.4) is 0 Å². The Bertz CT molecular complexity index is 553. The van der Waals surface area contributed by atoms with Crippen LogP contribution in [-0.4, -0.2) is 17.4 Å². The van der Waals surface area contributed by atoms with Crippen molar-refractivity contribution in [2.24, 2.45) is 5.73 Å². The van der Waals surface area contributed by atoms with Crippen molar-refractivity contribution in [1.29, 1.82) is 0 Å². The van der Waals surface area contributed by atoms with Crippen molar-refractivity contribution in [3.8, 4) is 10.6 Å². The van der Waals surface area contributed by atoms with Crippen molar-refractivity contribution in [3.05, 3.63) is 41.2 Å². The normalized spacial score (nSPS) is 10.6. The van der Waals surface area contributed by atoms with Gasteiger partial charge >= 0.3 is 0 Å². The van der Waals surface area contributed by atoms with Crippen LogP contribution in [0.2, 0.25) is 0 Å². The third-order valence-corrected chi connectivity index (χ3v) is 3.44. The fourth-order valence-electron chi connectivity index (χ4n) is 1.54. The number of halogens is 1. The van der Waals surface area contributed by atoms with Crippen molar-refractivity contribution in [3.63, 3.8) is 0 Å². The fraction of sp³-hybridized carbons (Fsp3) is 0.231. The highest BCUT2D eigenvalue weighted by Crippen LogP contribution is 2.23. The molecule has 0 bridgehead atoms. The number of hydrogen-bond donors (Lipinski definition) is 2. The van der Waals surface area contributed by atoms with Crippen LogP contribution in [-0.2, 0) is 11.3 Å². The van der Waals surface area contributed by atoms with Crippen LogP contribution in [0.25, 0.3) is 10.6 Å². The minimum Gasteiger partial charge on any atom is -0.370 e. The molecule has 0 spiro atoms. The quantitative estimate of drug-likeness (QED) is 0.794. The summed E-state index contributed by atoms with van der Waals surface area (Å²) in [7, 11) is 0. The van der Waals surface area contributed by atoms with Crippen molar-refractivity contribution >= 4 is 17.2 Å². The number of thiazole rings is 1. The van der Waals surface area contributed by atoms with E-state index in [2.05, 4.69) is 10.3 Å². The van der Waals surface area contributed by atoms with E-state index in [1.165, 1.54) is 23.5 Å². The summed E-state index contributed by atoms with van der Waals surface area (Å²) in [4.78, 5) is 15.0. The standard InChI is InChI=1S/C13H14FN3OS/c14-10-3-1-9(2-4-10)13-17-11(8-19-13)7-16-6-5-12(15)18/h1-4,8,16H,5-7H2,(H2,15,18). The van der Waals surface area contributed by atoms with Gasteiger partial charge < -0.3 is 11.1 Å². The zero-order valence-electron chi connectivity index (χ0n) is 10.2. The molecule has 1 heterocycles. The second kappa shape index (κ2) is 6.40. The third kappa shape index (κ3) is 4.11. The molecule has 0 aliphatic carbocycles. The highest BCUT2D eigenvalue weighted by molar-refractivity contribution is 7.13. The largest absolute Gasteiger partial charge is 0.370 e. The number of carbonyl (C=O) groups excluding carboxylic acids is 1. The zero-order chi connectivity index (χ0) is 13.7. The number of aromatic nitrogens is 1. The van der Waals surface area contributed by atoms with E-state index in [1.54, 1.807) is 12.1 Å². The molecule has 0 aliphatic heterocycles. The van der Waals surface area contributed by atoms with E-state index in [0.29, 0.717) is 19.5 Å². The molecule has 100 valence electrons. The number of benzene rings is 1. The van der Waals surface area contributed by atoms with E-state index in [1.807, 2.05) is 5.38 Å². The highest BCUT2D eigenvalue weighted by atomic mass is 32.1. The van der Waals surface area contributed by atoms with Crippen LogP contribution in [0.15, 0.2) is 29.6 Å². The fourth-order valence-corrected chi connectivity index (χ4v) is 2.37. The molecular formula is C13H14FN3OS. The van der Waals surface area contributed by atoms with Crippen LogP contribution < -0.4 is 11.1 Å². The van der Waals surface area contributed by atoms with Crippen molar-refractivity contribution < 1.29 is 9.18 Å². The summed E-state index contributed by atoms with van der Waals surface area (Å²) in [6.45, 7) is 1.13. The van der Waals surface area contributed by atoms with E-state index >= 15 is 0 Å². The molecule has 4 nitrogen and oxygen atoms in total. The van der Waals surface area contributed by atoms with Crippen LogP contribution >= 0.6 is 11.3 Å². The lowest BCUT2D eigenvalue weighted by atomic mass is 10.2. The summed E-state index contributed by atoms with van der Waals surface area (Å²) in [6.07, 6.45) is 0.314. The van der Waals surface area contributed by atoms with Gasteiger partial charge in [-0.15, -0.1) is 11.3 Å². The topological polar surface area (TPSA) is 68.0 Å². The second-order valence-electron chi connectivity index (χ2n) is 4.04. The van der Waals surface area contributed by atoms with Gasteiger partial charge in [0.15, 0.2) is 0 Å². The Morgan fingerprint density at radius 3 is 2.79 bits per heavy atom. The van der Waals surface area contributed by atoms with E-state index in [9.17, 15) is 9.18 Å². The third-order valence-electron chi connectivity index (χ3n) is 2.50. The predicted octanol–water partition coefficient (Wildman–Crippen LogP) is 1.91. The van der Waals surface area contributed by atoms with Gasteiger partial charge in [0, 0.05) is 30.5 Å². The van der Waals surface area contributed by atoms with Gasteiger partial charge in [-0.2, -0.15) is 0 Å². The molecule has 2 rings (SSSR count). The molecule has 1 aromatic carbocycles. The number of nitrogens with two attached hydrogens (primary N) is 1. The molecule has 6 heteroatoms. The minimum absolute atomic E-state index is 0.256. The van der Waals surface area contributed by atoms with Gasteiger partial charge in [0.1, 0.15) is 10.8 Å². The molecule has 1 aromatic heterocycles. The van der Waals surface area contributed by atoms with Gasteiger partial charge in [-0.3, -0.25) is 4.79 Å². The smallest absolute Gasteiger partial charge is 0.218 e. The minimum atomic E-state index is -0.322. The molecule has 2 aromatic rings. The van der Waals surface area contributed by atoms with Gasteiger partial charge in [-0.05, 0) is 24.3 Å². The Balaban J connectivity index is 1.91. The average Bonchev–Trinajstić information content (AvgIpc) is 2.84. The summed E-state index contributed by atoms with van der Waals surface area (Å²) in [5.41, 5.74) is 6.84. The first-order valence-electron chi connectivity index (χ1n) is 5.84. The molecule has 0 saturated heterocycles. The van der Waals surface area contributed by atoms with Crippen molar-refractivity contribution in [2.45, 2.75) is 13.0 Å². The summed E-state index contributed by atoms with van der Waals surface area (Å²) in [5, 5.41) is 5.88. The molecule has 1 amide bonds. The van der Waals surface area contributed by atoms with Crippen molar-refractivity contribution in [1.82, 2.24) is 10.3 Å². The van der Waals surface area contributed by atoms with Crippen molar-refractivity contribution in [2.75, 3.05) is 6.54 Å². The lowest BCUT2D eigenvalue weighted by Crippen LogP contribution is -2.21. The zero-order valence-corrected chi connectivity index (χ0v) is 11.0. The van der Waals surface area contributed by atoms with Gasteiger partial charge in [-0.25, -0.2) is 9.37 Å². The summed E-state index contributed by atoms with van der Waals surface area (Å²) < 4.78 is 12.8. The Morgan fingerprint density at radius 1 is 1.37 bits per heavy atom. The van der Waals surface area contributed by atoms with Gasteiger partial charge in [0.05, 0.1) is 5.69 Å².